The van der Waals surface area contributed by atoms with E-state index in [2.05, 4.69) is 5.32 Å². The summed E-state index contributed by atoms with van der Waals surface area (Å²) in [5.74, 6) is -3.32. The number of hydrogen-bond donors (Lipinski definition) is 1. The minimum absolute atomic E-state index is 0.0533. The number of thioether (sulfide) groups is 1. The van der Waals surface area contributed by atoms with E-state index in [9.17, 15) is 18.8 Å². The molecule has 0 fully saturated rings. The van der Waals surface area contributed by atoms with Crippen molar-refractivity contribution in [3.8, 4) is 12.1 Å². The van der Waals surface area contributed by atoms with Crippen molar-refractivity contribution in [1.29, 1.82) is 10.5 Å². The molecular formula is C16H13F2N3OS. The van der Waals surface area contributed by atoms with Crippen LogP contribution in [0.5, 0.6) is 0 Å². The average molecular weight is 333 g/mol. The number of carbonyl (C=O) groups is 1. The Hall–Kier alpha value is -2.38. The highest BCUT2D eigenvalue weighted by Gasteiger charge is 2.44. The van der Waals surface area contributed by atoms with Gasteiger partial charge in [-0.1, -0.05) is 26.0 Å². The van der Waals surface area contributed by atoms with Gasteiger partial charge >= 0.3 is 0 Å². The summed E-state index contributed by atoms with van der Waals surface area (Å²) in [6.07, 6.45) is 0. The molecule has 1 aromatic rings. The average Bonchev–Trinajstić information content (AvgIpc) is 2.48. The van der Waals surface area contributed by atoms with Gasteiger partial charge in [0.2, 0.25) is 5.91 Å². The topological polar surface area (TPSA) is 76.7 Å². The summed E-state index contributed by atoms with van der Waals surface area (Å²) < 4.78 is 26.9. The monoisotopic (exact) mass is 333 g/mol. The van der Waals surface area contributed by atoms with Crippen molar-refractivity contribution in [3.05, 3.63) is 46.0 Å². The first-order valence-electron chi connectivity index (χ1n) is 6.74. The Balaban J connectivity index is 2.33. The van der Waals surface area contributed by atoms with E-state index in [0.717, 1.165) is 17.8 Å². The van der Waals surface area contributed by atoms with Crippen molar-refractivity contribution >= 4 is 17.7 Å². The Morgan fingerprint density at radius 1 is 1.35 bits per heavy atom. The molecular weight excluding hydrogens is 320 g/mol. The highest BCUT2D eigenvalue weighted by atomic mass is 32.2. The first kappa shape index (κ1) is 17.0. The maximum Gasteiger partial charge on any atom is 0.243 e. The predicted octanol–water partition coefficient (Wildman–Crippen LogP) is 3.23. The number of benzene rings is 1. The predicted molar refractivity (Wildman–Crippen MR) is 81.3 cm³/mol. The normalized spacial score (nSPS) is 19.7. The van der Waals surface area contributed by atoms with Crippen molar-refractivity contribution in [1.82, 2.24) is 5.32 Å². The number of amides is 1. The third-order valence-corrected chi connectivity index (χ3v) is 4.79. The van der Waals surface area contributed by atoms with Crippen molar-refractivity contribution in [2.75, 3.05) is 0 Å². The lowest BCUT2D eigenvalue weighted by atomic mass is 9.72. The maximum atomic E-state index is 13.7. The molecule has 0 bridgehead atoms. The first-order valence-corrected chi connectivity index (χ1v) is 7.72. The zero-order chi connectivity index (χ0) is 17.2. The number of nitrogens with zero attached hydrogens (tertiary/aromatic N) is 2. The van der Waals surface area contributed by atoms with Crippen LogP contribution in [0.15, 0.2) is 28.8 Å². The van der Waals surface area contributed by atoms with Gasteiger partial charge in [0.1, 0.15) is 5.92 Å². The van der Waals surface area contributed by atoms with E-state index in [-0.39, 0.29) is 21.9 Å². The number of rotatable bonds is 3. The molecule has 1 heterocycles. The number of allylic oxidation sites excluding steroid dienone is 1. The molecule has 2 rings (SSSR count). The van der Waals surface area contributed by atoms with Crippen LogP contribution in [0.2, 0.25) is 0 Å². The van der Waals surface area contributed by atoms with Crippen molar-refractivity contribution < 1.29 is 13.6 Å². The number of nitriles is 2. The first-order chi connectivity index (χ1) is 10.8. The standard InChI is InChI=1S/C16H13F2N3OS/c1-16(2)10(6-19)14(22)21-15(11(16)7-20)23-8-9-4-3-5-12(17)13(9)18/h3-5,10H,8H2,1-2H3,(H,21,22). The molecule has 1 N–H and O–H groups in total. The van der Waals surface area contributed by atoms with Crippen molar-refractivity contribution in [2.24, 2.45) is 11.3 Å². The second-order valence-corrected chi connectivity index (χ2v) is 6.58. The molecule has 118 valence electrons. The molecule has 1 atom stereocenters. The molecule has 1 aliphatic rings. The van der Waals surface area contributed by atoms with Crippen LogP contribution >= 0.6 is 11.8 Å². The van der Waals surface area contributed by atoms with E-state index in [1.165, 1.54) is 12.1 Å². The summed E-state index contributed by atoms with van der Waals surface area (Å²) in [4.78, 5) is 12.0. The molecule has 0 saturated heterocycles. The van der Waals surface area contributed by atoms with Crippen LogP contribution in [-0.2, 0) is 10.5 Å². The number of carbonyl (C=O) groups excluding carboxylic acids is 1. The van der Waals surface area contributed by atoms with E-state index in [1.54, 1.807) is 13.8 Å². The zero-order valence-corrected chi connectivity index (χ0v) is 13.3. The molecule has 23 heavy (non-hydrogen) atoms. The van der Waals surface area contributed by atoms with Crippen LogP contribution in [0.4, 0.5) is 8.78 Å². The van der Waals surface area contributed by atoms with Gasteiger partial charge in [0, 0.05) is 16.7 Å². The van der Waals surface area contributed by atoms with Crippen LogP contribution in [0.3, 0.4) is 0 Å². The quantitative estimate of drug-likeness (QED) is 0.921. The lowest BCUT2D eigenvalue weighted by Gasteiger charge is -2.34. The Labute approximate surface area is 136 Å². The zero-order valence-electron chi connectivity index (χ0n) is 12.5. The van der Waals surface area contributed by atoms with Gasteiger partial charge in [-0.25, -0.2) is 8.78 Å². The van der Waals surface area contributed by atoms with E-state index in [4.69, 9.17) is 5.26 Å². The fraction of sp³-hybridized carbons (Fsp3) is 0.312. The van der Waals surface area contributed by atoms with E-state index < -0.39 is 28.9 Å². The largest absolute Gasteiger partial charge is 0.319 e. The fourth-order valence-electron chi connectivity index (χ4n) is 2.34. The molecule has 1 aromatic carbocycles. The smallest absolute Gasteiger partial charge is 0.243 e. The molecule has 1 aliphatic heterocycles. The minimum atomic E-state index is -0.979. The summed E-state index contributed by atoms with van der Waals surface area (Å²) in [5.41, 5.74) is -0.561. The van der Waals surface area contributed by atoms with Gasteiger partial charge in [-0.15, -0.1) is 11.8 Å². The molecule has 0 spiro atoms. The van der Waals surface area contributed by atoms with Gasteiger partial charge in [0.05, 0.1) is 22.7 Å². The van der Waals surface area contributed by atoms with Gasteiger partial charge < -0.3 is 5.32 Å². The molecule has 1 unspecified atom stereocenters. The van der Waals surface area contributed by atoms with Gasteiger partial charge in [-0.05, 0) is 6.07 Å². The number of hydrogen-bond acceptors (Lipinski definition) is 4. The summed E-state index contributed by atoms with van der Waals surface area (Å²) in [5, 5.41) is 21.3. The Kier molecular flexibility index (Phi) is 4.72. The molecule has 0 aliphatic carbocycles. The van der Waals surface area contributed by atoms with Gasteiger partial charge in [-0.3, -0.25) is 4.79 Å². The summed E-state index contributed by atoms with van der Waals surface area (Å²) >= 11 is 1.03. The van der Waals surface area contributed by atoms with Crippen LogP contribution in [-0.4, -0.2) is 5.91 Å². The Morgan fingerprint density at radius 2 is 2.04 bits per heavy atom. The second-order valence-electron chi connectivity index (χ2n) is 5.59. The fourth-order valence-corrected chi connectivity index (χ4v) is 3.49. The van der Waals surface area contributed by atoms with Crippen LogP contribution in [0, 0.1) is 45.6 Å². The highest BCUT2D eigenvalue weighted by molar-refractivity contribution is 8.02. The van der Waals surface area contributed by atoms with E-state index >= 15 is 0 Å². The third kappa shape index (κ3) is 3.06. The van der Waals surface area contributed by atoms with Crippen molar-refractivity contribution in [2.45, 2.75) is 19.6 Å². The summed E-state index contributed by atoms with van der Waals surface area (Å²) in [6, 6.07) is 7.77. The van der Waals surface area contributed by atoms with Crippen LogP contribution < -0.4 is 5.32 Å². The molecule has 0 radical (unpaired) electrons. The van der Waals surface area contributed by atoms with Crippen LogP contribution in [0.1, 0.15) is 19.4 Å². The SMILES string of the molecule is CC1(C)C(C#N)=C(SCc2cccc(F)c2F)NC(=O)C1C#N. The highest BCUT2D eigenvalue weighted by Crippen LogP contribution is 2.42. The van der Waals surface area contributed by atoms with Gasteiger partial charge in [-0.2, -0.15) is 10.5 Å². The van der Waals surface area contributed by atoms with Gasteiger partial charge in [0.15, 0.2) is 11.6 Å². The van der Waals surface area contributed by atoms with E-state index in [0.29, 0.717) is 0 Å². The lowest BCUT2D eigenvalue weighted by Crippen LogP contribution is -2.44. The summed E-state index contributed by atoms with van der Waals surface area (Å²) in [6.45, 7) is 3.28. The number of nitrogens with one attached hydrogen (secondary N) is 1. The van der Waals surface area contributed by atoms with Crippen LogP contribution in [0.25, 0.3) is 0 Å². The maximum absolute atomic E-state index is 13.7. The minimum Gasteiger partial charge on any atom is -0.319 e. The molecule has 0 saturated carbocycles. The third-order valence-electron chi connectivity index (χ3n) is 3.74. The Bertz CT molecular complexity index is 775. The molecule has 0 aromatic heterocycles. The Morgan fingerprint density at radius 3 is 2.65 bits per heavy atom. The lowest BCUT2D eigenvalue weighted by molar-refractivity contribution is -0.125. The molecule has 7 heteroatoms. The molecule has 4 nitrogen and oxygen atoms in total. The number of halogens is 2. The van der Waals surface area contributed by atoms with Crippen molar-refractivity contribution in [3.63, 3.8) is 0 Å². The summed E-state index contributed by atoms with van der Waals surface area (Å²) in [7, 11) is 0. The second kappa shape index (κ2) is 6.39. The molecule has 1 amide bonds. The van der Waals surface area contributed by atoms with E-state index in [1.807, 2.05) is 12.1 Å². The van der Waals surface area contributed by atoms with Gasteiger partial charge in [0.25, 0.3) is 0 Å².